The lowest BCUT2D eigenvalue weighted by Crippen LogP contribution is -2.14. The van der Waals surface area contributed by atoms with E-state index in [-0.39, 0.29) is 11.9 Å². The Morgan fingerprint density at radius 3 is 1.80 bits per heavy atom. The zero-order chi connectivity index (χ0) is 32.4. The molecule has 0 fully saturated rings. The molecule has 4 rings (SSSR count). The second-order valence-electron chi connectivity index (χ2n) is 12.6. The summed E-state index contributed by atoms with van der Waals surface area (Å²) in [4.78, 5) is 12.5. The normalized spacial score (nSPS) is 11.8. The van der Waals surface area contributed by atoms with E-state index < -0.39 is 0 Å². The highest BCUT2D eigenvalue weighted by atomic mass is 16.5. The van der Waals surface area contributed by atoms with Crippen LogP contribution in [-0.2, 0) is 16.1 Å². The molecule has 0 bridgehead atoms. The van der Waals surface area contributed by atoms with Gasteiger partial charge in [0.15, 0.2) is 0 Å². The third kappa shape index (κ3) is 11.5. The van der Waals surface area contributed by atoms with Crippen LogP contribution in [0.3, 0.4) is 0 Å². The van der Waals surface area contributed by atoms with Crippen molar-refractivity contribution in [2.75, 3.05) is 13.2 Å². The van der Waals surface area contributed by atoms with Gasteiger partial charge in [0.2, 0.25) is 0 Å². The molecule has 46 heavy (non-hydrogen) atoms. The molecule has 0 spiro atoms. The van der Waals surface area contributed by atoms with Crippen molar-refractivity contribution in [3.63, 3.8) is 0 Å². The topological polar surface area (TPSA) is 44.8 Å². The van der Waals surface area contributed by atoms with Crippen molar-refractivity contribution in [3.8, 4) is 22.6 Å². The minimum Gasteiger partial charge on any atom is -0.494 e. The lowest BCUT2D eigenvalue weighted by molar-refractivity contribution is -0.145. The fourth-order valence-corrected chi connectivity index (χ4v) is 5.69. The number of rotatable bonds is 21. The van der Waals surface area contributed by atoms with E-state index in [2.05, 4.69) is 86.6 Å². The molecule has 0 radical (unpaired) electrons. The van der Waals surface area contributed by atoms with E-state index in [1.807, 2.05) is 19.1 Å². The molecule has 4 heteroatoms. The Bertz CT molecular complexity index is 1440. The zero-order valence-electron chi connectivity index (χ0n) is 28.4. The molecular formula is C42H54O4. The van der Waals surface area contributed by atoms with Gasteiger partial charge in [-0.25, -0.2) is 0 Å². The first kappa shape index (κ1) is 35.1. The third-order valence-electron chi connectivity index (χ3n) is 8.75. The predicted octanol–water partition coefficient (Wildman–Crippen LogP) is 11.8. The molecule has 0 N–H and O–H groups in total. The van der Waals surface area contributed by atoms with Gasteiger partial charge in [0.25, 0.3) is 0 Å². The van der Waals surface area contributed by atoms with Crippen LogP contribution < -0.4 is 9.47 Å². The van der Waals surface area contributed by atoms with Crippen molar-refractivity contribution >= 4 is 16.7 Å². The van der Waals surface area contributed by atoms with Crippen molar-refractivity contribution < 1.29 is 19.0 Å². The van der Waals surface area contributed by atoms with Gasteiger partial charge in [0.05, 0.1) is 19.1 Å². The highest BCUT2D eigenvalue weighted by Gasteiger charge is 2.17. The van der Waals surface area contributed by atoms with Crippen LogP contribution in [0.2, 0.25) is 0 Å². The van der Waals surface area contributed by atoms with E-state index >= 15 is 0 Å². The number of carbonyl (C=O) groups excluding carboxylic acids is 1. The van der Waals surface area contributed by atoms with Gasteiger partial charge in [-0.3, -0.25) is 4.79 Å². The molecule has 0 aliphatic rings. The Hall–Kier alpha value is -3.79. The van der Waals surface area contributed by atoms with Gasteiger partial charge < -0.3 is 14.2 Å². The van der Waals surface area contributed by atoms with Crippen LogP contribution in [0, 0.1) is 0 Å². The molecule has 0 aliphatic heterocycles. The Morgan fingerprint density at radius 1 is 0.565 bits per heavy atom. The van der Waals surface area contributed by atoms with Crippen LogP contribution in [0.4, 0.5) is 0 Å². The number of fused-ring (bicyclic) bond motifs is 1. The zero-order valence-corrected chi connectivity index (χ0v) is 28.4. The SMILES string of the molecule is CCCCCCCCCCOc1ccc(-c2ccc(COc3ccc4cc([C@H](C)C(=O)OCCCCCC)ccc4c3)cc2)cc1. The van der Waals surface area contributed by atoms with Crippen LogP contribution in [0.1, 0.15) is 115 Å². The van der Waals surface area contributed by atoms with E-state index in [0.29, 0.717) is 13.2 Å². The number of esters is 1. The molecule has 0 heterocycles. The summed E-state index contributed by atoms with van der Waals surface area (Å²) < 4.78 is 17.6. The smallest absolute Gasteiger partial charge is 0.313 e. The summed E-state index contributed by atoms with van der Waals surface area (Å²) in [5.41, 5.74) is 4.44. The highest BCUT2D eigenvalue weighted by Crippen LogP contribution is 2.27. The number of hydrogen-bond acceptors (Lipinski definition) is 4. The molecule has 0 saturated heterocycles. The molecule has 1 atom stereocenters. The van der Waals surface area contributed by atoms with E-state index in [4.69, 9.17) is 14.2 Å². The molecule has 0 aromatic heterocycles. The second kappa shape index (κ2) is 19.7. The predicted molar refractivity (Wildman–Crippen MR) is 192 cm³/mol. The number of benzene rings is 4. The summed E-state index contributed by atoms with van der Waals surface area (Å²) in [6, 6.07) is 29.2. The average Bonchev–Trinajstić information content (AvgIpc) is 3.09. The van der Waals surface area contributed by atoms with Crippen molar-refractivity contribution in [2.24, 2.45) is 0 Å². The number of unbranched alkanes of at least 4 members (excludes halogenated alkanes) is 10. The van der Waals surface area contributed by atoms with Gasteiger partial charge in [-0.05, 0) is 77.1 Å². The van der Waals surface area contributed by atoms with E-state index in [1.54, 1.807) is 0 Å². The van der Waals surface area contributed by atoms with Crippen LogP contribution in [-0.4, -0.2) is 19.2 Å². The average molecular weight is 623 g/mol. The van der Waals surface area contributed by atoms with Crippen LogP contribution in [0.5, 0.6) is 11.5 Å². The van der Waals surface area contributed by atoms with Crippen molar-refractivity contribution in [3.05, 3.63) is 96.1 Å². The second-order valence-corrected chi connectivity index (χ2v) is 12.6. The Kier molecular flexibility index (Phi) is 15.0. The van der Waals surface area contributed by atoms with E-state index in [1.165, 1.54) is 68.9 Å². The van der Waals surface area contributed by atoms with Gasteiger partial charge >= 0.3 is 5.97 Å². The maximum absolute atomic E-state index is 12.5. The van der Waals surface area contributed by atoms with Gasteiger partial charge in [0, 0.05) is 0 Å². The Balaban J connectivity index is 1.20. The summed E-state index contributed by atoms with van der Waals surface area (Å²) in [5.74, 6) is 1.32. The number of carbonyl (C=O) groups is 1. The Labute approximate surface area is 277 Å². The minimum atomic E-state index is -0.287. The molecule has 0 aliphatic carbocycles. The summed E-state index contributed by atoms with van der Waals surface area (Å²) in [7, 11) is 0. The lowest BCUT2D eigenvalue weighted by Gasteiger charge is -2.13. The molecule has 0 unspecified atom stereocenters. The van der Waals surface area contributed by atoms with E-state index in [9.17, 15) is 4.79 Å². The van der Waals surface area contributed by atoms with Crippen molar-refractivity contribution in [1.29, 1.82) is 0 Å². The van der Waals surface area contributed by atoms with Gasteiger partial charge in [-0.1, -0.05) is 139 Å². The largest absolute Gasteiger partial charge is 0.494 e. The van der Waals surface area contributed by atoms with Gasteiger partial charge in [-0.2, -0.15) is 0 Å². The first-order chi connectivity index (χ1) is 22.6. The maximum atomic E-state index is 12.5. The number of hydrogen-bond donors (Lipinski definition) is 0. The molecular weight excluding hydrogens is 568 g/mol. The van der Waals surface area contributed by atoms with Crippen LogP contribution in [0.25, 0.3) is 21.9 Å². The first-order valence-corrected chi connectivity index (χ1v) is 17.7. The molecule has 4 aromatic rings. The highest BCUT2D eigenvalue weighted by molar-refractivity contribution is 5.86. The molecule has 4 aromatic carbocycles. The molecule has 246 valence electrons. The van der Waals surface area contributed by atoms with Crippen LogP contribution in [0.15, 0.2) is 84.9 Å². The number of ether oxygens (including phenoxy) is 3. The molecule has 4 nitrogen and oxygen atoms in total. The van der Waals surface area contributed by atoms with E-state index in [0.717, 1.165) is 59.3 Å². The summed E-state index contributed by atoms with van der Waals surface area (Å²) in [6.07, 6.45) is 14.9. The summed E-state index contributed by atoms with van der Waals surface area (Å²) in [6.45, 7) is 8.15. The fourth-order valence-electron chi connectivity index (χ4n) is 5.69. The quantitative estimate of drug-likeness (QED) is 0.0685. The molecule has 0 amide bonds. The standard InChI is InChI=1S/C42H54O4/c1-4-6-8-10-11-12-13-15-28-44-40-25-22-36(23-26-40)35-18-16-34(17-19-35)32-46-41-27-24-38-30-37(20-21-39(38)31-41)33(3)42(43)45-29-14-9-7-5-2/h16-27,30-31,33H,4-15,28-29,32H2,1-3H3/t33-/m0/s1. The third-order valence-corrected chi connectivity index (χ3v) is 8.75. The van der Waals surface area contributed by atoms with Crippen molar-refractivity contribution in [2.45, 2.75) is 110 Å². The van der Waals surface area contributed by atoms with Gasteiger partial charge in [0.1, 0.15) is 18.1 Å². The maximum Gasteiger partial charge on any atom is 0.313 e. The lowest BCUT2D eigenvalue weighted by atomic mass is 9.98. The van der Waals surface area contributed by atoms with Crippen molar-refractivity contribution in [1.82, 2.24) is 0 Å². The first-order valence-electron chi connectivity index (χ1n) is 17.7. The summed E-state index contributed by atoms with van der Waals surface area (Å²) >= 11 is 0. The fraction of sp³-hybridized carbons (Fsp3) is 0.452. The monoisotopic (exact) mass is 622 g/mol. The van der Waals surface area contributed by atoms with Gasteiger partial charge in [-0.15, -0.1) is 0 Å². The molecule has 0 saturated carbocycles. The Morgan fingerprint density at radius 2 is 1.11 bits per heavy atom. The minimum absolute atomic E-state index is 0.155. The summed E-state index contributed by atoms with van der Waals surface area (Å²) in [5, 5.41) is 2.17. The van der Waals surface area contributed by atoms with Crippen LogP contribution >= 0.6 is 0 Å².